The second-order valence-corrected chi connectivity index (χ2v) is 10.1. The predicted molar refractivity (Wildman–Crippen MR) is 139 cm³/mol. The Hall–Kier alpha value is -4.06. The third-order valence-corrected chi connectivity index (χ3v) is 7.21. The number of thiophene rings is 1. The van der Waals surface area contributed by atoms with Gasteiger partial charge < -0.3 is 29.5 Å². The van der Waals surface area contributed by atoms with Gasteiger partial charge >= 0.3 is 18.3 Å². The van der Waals surface area contributed by atoms with Crippen LogP contribution in [0.4, 0.5) is 29.5 Å². The molecular weight excluding hydrogens is 569 g/mol. The largest absolute Gasteiger partial charge is 0.595 e. The van der Waals surface area contributed by atoms with Crippen LogP contribution in [0.3, 0.4) is 0 Å². The number of amides is 1. The number of nitrogens with zero attached hydrogens (tertiary/aromatic N) is 6. The second-order valence-electron chi connectivity index (χ2n) is 9.02. The molecule has 1 aliphatic heterocycles. The van der Waals surface area contributed by atoms with Crippen molar-refractivity contribution in [1.29, 1.82) is 0 Å². The molecule has 0 fully saturated rings. The van der Waals surface area contributed by atoms with Gasteiger partial charge in [-0.25, -0.2) is 10.0 Å². The Morgan fingerprint density at radius 2 is 2.00 bits per heavy atom. The number of quaternary nitrogens is 1. The van der Waals surface area contributed by atoms with Gasteiger partial charge in [0.2, 0.25) is 5.82 Å². The summed E-state index contributed by atoms with van der Waals surface area (Å²) in [4.78, 5) is 24.7. The maximum Gasteiger partial charge on any atom is 0.451 e. The minimum Gasteiger partial charge on any atom is -0.595 e. The number of fused-ring (bicyclic) bond motifs is 2. The van der Waals surface area contributed by atoms with E-state index in [-0.39, 0.29) is 56.1 Å². The Labute approximate surface area is 234 Å². The highest BCUT2D eigenvalue weighted by atomic mass is 32.1. The maximum atomic E-state index is 13.3. The lowest BCUT2D eigenvalue weighted by molar-refractivity contribution is -0.991. The Balaban J connectivity index is 1.26. The number of carbonyl (C=O) groups is 1. The lowest BCUT2D eigenvalue weighted by Crippen LogP contribution is -2.99. The van der Waals surface area contributed by atoms with Crippen molar-refractivity contribution in [3.63, 3.8) is 0 Å². The highest BCUT2D eigenvalue weighted by molar-refractivity contribution is 7.18. The van der Waals surface area contributed by atoms with E-state index in [1.165, 1.54) is 35.6 Å². The number of alkyl halides is 3. The van der Waals surface area contributed by atoms with Crippen molar-refractivity contribution in [2.75, 3.05) is 24.6 Å². The minimum absolute atomic E-state index is 0.00839. The van der Waals surface area contributed by atoms with Crippen LogP contribution in [-0.4, -0.2) is 55.7 Å². The van der Waals surface area contributed by atoms with Crippen LogP contribution in [0.15, 0.2) is 30.3 Å². The average Bonchev–Trinajstić information content (AvgIpc) is 3.54. The van der Waals surface area contributed by atoms with Crippen molar-refractivity contribution in [3.05, 3.63) is 52.1 Å². The van der Waals surface area contributed by atoms with Gasteiger partial charge in [0.1, 0.15) is 23.0 Å². The number of rotatable bonds is 9. The van der Waals surface area contributed by atoms with E-state index in [4.69, 9.17) is 14.7 Å². The summed E-state index contributed by atoms with van der Waals surface area (Å²) in [5, 5.41) is 29.2. The molecule has 1 aliphatic rings. The van der Waals surface area contributed by atoms with Crippen molar-refractivity contribution in [2.24, 2.45) is 0 Å². The lowest BCUT2D eigenvalue weighted by Gasteiger charge is -2.29. The molecule has 3 N–H and O–H groups in total. The summed E-state index contributed by atoms with van der Waals surface area (Å²) in [6.45, 7) is 2.49. The Kier molecular flexibility index (Phi) is 8.20. The molecule has 1 aromatic carbocycles. The van der Waals surface area contributed by atoms with Crippen LogP contribution in [0.1, 0.15) is 29.9 Å². The lowest BCUT2D eigenvalue weighted by atomic mass is 10.2. The third kappa shape index (κ3) is 6.48. The van der Waals surface area contributed by atoms with Crippen LogP contribution in [0.25, 0.3) is 10.2 Å². The summed E-state index contributed by atoms with van der Waals surface area (Å²) in [7, 11) is 0. The first kappa shape index (κ1) is 28.5. The fourth-order valence-electron chi connectivity index (χ4n) is 4.26. The molecule has 0 aliphatic carbocycles. The number of hydrogen-bond acceptors (Lipinski definition) is 11. The van der Waals surface area contributed by atoms with E-state index in [9.17, 15) is 23.2 Å². The summed E-state index contributed by atoms with van der Waals surface area (Å²) in [5.41, 5.74) is 0.0625. The SMILES string of the molecule is CCCc1cc2c(N3CCn4c(nnc4C(F)(F)F)C3)nc(OCCNC(=O)Oc3ccc([NH+]([O-])O)cc3)nc2s1. The third-order valence-electron chi connectivity index (χ3n) is 6.12. The Morgan fingerprint density at radius 1 is 1.22 bits per heavy atom. The molecule has 41 heavy (non-hydrogen) atoms. The van der Waals surface area contributed by atoms with Gasteiger partial charge in [0, 0.05) is 30.1 Å². The first-order valence-electron chi connectivity index (χ1n) is 12.6. The molecule has 4 heterocycles. The van der Waals surface area contributed by atoms with Crippen LogP contribution < -0.4 is 24.9 Å². The van der Waals surface area contributed by atoms with Gasteiger partial charge in [0.25, 0.3) is 0 Å². The van der Waals surface area contributed by atoms with Gasteiger partial charge in [-0.15, -0.1) is 21.5 Å². The van der Waals surface area contributed by atoms with Crippen molar-refractivity contribution >= 4 is 39.2 Å². The van der Waals surface area contributed by atoms with Crippen LogP contribution in [0.5, 0.6) is 11.8 Å². The van der Waals surface area contributed by atoms with Gasteiger partial charge in [-0.1, -0.05) is 13.3 Å². The van der Waals surface area contributed by atoms with Crippen molar-refractivity contribution < 1.29 is 37.9 Å². The summed E-state index contributed by atoms with van der Waals surface area (Å²) >= 11 is 1.49. The number of halogens is 3. The molecule has 1 amide bonds. The highest BCUT2D eigenvalue weighted by Crippen LogP contribution is 2.36. The summed E-state index contributed by atoms with van der Waals surface area (Å²) in [6, 6.07) is 7.41. The standard InChI is InChI=1S/C24H25F3N8O5S/c1-2-3-16-12-17-19(33-9-10-34-18(13-33)31-32-21(34)24(25,26)27)29-22(30-20(17)41-16)39-11-8-28-23(36)40-15-6-4-14(5-7-15)35(37)38/h4-7,12,35,37H,2-3,8-11,13H2,1H3,(H,28,36). The molecule has 17 heteroatoms. The monoisotopic (exact) mass is 594 g/mol. The maximum absolute atomic E-state index is 13.3. The van der Waals surface area contributed by atoms with E-state index >= 15 is 0 Å². The topological polar surface area (TPSA) is 155 Å². The molecule has 4 aromatic rings. The quantitative estimate of drug-likeness (QED) is 0.195. The number of aryl methyl sites for hydroxylation is 1. The molecule has 5 rings (SSSR count). The number of nitrogens with one attached hydrogen (secondary N) is 2. The summed E-state index contributed by atoms with van der Waals surface area (Å²) < 4.78 is 51.8. The molecule has 1 atom stereocenters. The normalized spacial score (nSPS) is 14.1. The summed E-state index contributed by atoms with van der Waals surface area (Å²) in [6.07, 6.45) is -3.58. The van der Waals surface area contributed by atoms with E-state index in [1.54, 1.807) is 0 Å². The number of benzene rings is 1. The van der Waals surface area contributed by atoms with Crippen molar-refractivity contribution in [3.8, 4) is 11.8 Å². The van der Waals surface area contributed by atoms with Crippen LogP contribution >= 0.6 is 11.3 Å². The second kappa shape index (κ2) is 11.8. The van der Waals surface area contributed by atoms with Gasteiger partial charge in [0.05, 0.1) is 18.5 Å². The predicted octanol–water partition coefficient (Wildman–Crippen LogP) is 2.85. The van der Waals surface area contributed by atoms with Crippen LogP contribution in [0, 0.1) is 5.21 Å². The number of ether oxygens (including phenoxy) is 2. The van der Waals surface area contributed by atoms with Gasteiger partial charge in [-0.05, 0) is 24.6 Å². The molecule has 13 nitrogen and oxygen atoms in total. The van der Waals surface area contributed by atoms with Crippen molar-refractivity contribution in [2.45, 2.75) is 39.0 Å². The molecule has 0 radical (unpaired) electrons. The first-order valence-corrected chi connectivity index (χ1v) is 13.4. The smallest absolute Gasteiger partial charge is 0.451 e. The number of hydrogen-bond donors (Lipinski definition) is 3. The van der Waals surface area contributed by atoms with E-state index in [1.807, 2.05) is 11.0 Å². The zero-order valence-electron chi connectivity index (χ0n) is 21.6. The molecule has 1 unspecified atom stereocenters. The molecule has 218 valence electrons. The van der Waals surface area contributed by atoms with E-state index in [2.05, 4.69) is 32.4 Å². The van der Waals surface area contributed by atoms with Gasteiger partial charge in [-0.3, -0.25) is 0 Å². The Morgan fingerprint density at radius 3 is 2.71 bits per heavy atom. The molecular formula is C24H25F3N8O5S. The minimum atomic E-state index is -4.59. The number of anilines is 1. The van der Waals surface area contributed by atoms with E-state index in [0.717, 1.165) is 27.7 Å². The Bertz CT molecular complexity index is 1530. The van der Waals surface area contributed by atoms with Crippen LogP contribution in [0.2, 0.25) is 0 Å². The molecule has 0 saturated carbocycles. The van der Waals surface area contributed by atoms with Crippen LogP contribution in [-0.2, 0) is 25.7 Å². The first-order chi connectivity index (χ1) is 19.6. The molecule has 0 spiro atoms. The van der Waals surface area contributed by atoms with E-state index in [0.29, 0.717) is 10.6 Å². The zero-order chi connectivity index (χ0) is 29.1. The van der Waals surface area contributed by atoms with Gasteiger partial charge in [-0.2, -0.15) is 28.4 Å². The molecule has 3 aromatic heterocycles. The van der Waals surface area contributed by atoms with Crippen molar-refractivity contribution in [1.82, 2.24) is 30.0 Å². The molecule has 0 bridgehead atoms. The average molecular weight is 595 g/mol. The number of aromatic nitrogens is 5. The zero-order valence-corrected chi connectivity index (χ0v) is 22.5. The fourth-order valence-corrected chi connectivity index (χ4v) is 5.38. The fraction of sp³-hybridized carbons (Fsp3) is 0.375. The molecule has 0 saturated heterocycles. The number of carbonyl (C=O) groups excluding carboxylic acids is 1. The van der Waals surface area contributed by atoms with Gasteiger partial charge in [0.15, 0.2) is 11.5 Å². The van der Waals surface area contributed by atoms with E-state index < -0.39 is 23.3 Å². The summed E-state index contributed by atoms with van der Waals surface area (Å²) in [5.74, 6) is -0.147. The highest BCUT2D eigenvalue weighted by Gasteiger charge is 2.39.